The summed E-state index contributed by atoms with van der Waals surface area (Å²) in [5.41, 5.74) is 0.109. The Hall–Kier alpha value is -2.72. The van der Waals surface area contributed by atoms with Gasteiger partial charge in [-0.3, -0.25) is 15.1 Å². The van der Waals surface area contributed by atoms with Crippen LogP contribution < -0.4 is 10.1 Å². The zero-order chi connectivity index (χ0) is 18.7. The number of carbonyl (C=O) groups is 1. The molecule has 0 atom stereocenters. The molecule has 2 heterocycles. The third kappa shape index (κ3) is 4.27. The van der Waals surface area contributed by atoms with Crippen molar-refractivity contribution >= 4 is 34.2 Å². The molecule has 2 aromatic heterocycles. The number of nitrogens with zero attached hydrogens (tertiary/aromatic N) is 3. The maximum Gasteiger partial charge on any atom is 0.573 e. The first kappa shape index (κ1) is 18.1. The smallest absolute Gasteiger partial charge is 0.403 e. The molecule has 0 saturated carbocycles. The van der Waals surface area contributed by atoms with Gasteiger partial charge in [0, 0.05) is 17.7 Å². The Kier molecular flexibility index (Phi) is 5.05. The molecule has 1 N–H and O–H groups in total. The van der Waals surface area contributed by atoms with E-state index in [9.17, 15) is 18.0 Å². The number of halogens is 4. The molecular formula is C15H8ClF3N4O2S. The minimum absolute atomic E-state index is 0.0913. The van der Waals surface area contributed by atoms with E-state index in [1.54, 1.807) is 24.4 Å². The summed E-state index contributed by atoms with van der Waals surface area (Å²) in [5.74, 6) is -1.37. The van der Waals surface area contributed by atoms with Crippen LogP contribution in [0.5, 0.6) is 5.75 Å². The molecule has 0 spiro atoms. The van der Waals surface area contributed by atoms with E-state index >= 15 is 0 Å². The van der Waals surface area contributed by atoms with E-state index in [1.807, 2.05) is 0 Å². The lowest BCUT2D eigenvalue weighted by atomic mass is 10.2. The number of pyridine rings is 1. The molecule has 0 fully saturated rings. The highest BCUT2D eigenvalue weighted by molar-refractivity contribution is 7.10. The molecule has 1 aromatic carbocycles. The van der Waals surface area contributed by atoms with Crippen LogP contribution in [0.1, 0.15) is 10.4 Å². The minimum atomic E-state index is -4.99. The third-order valence-corrected chi connectivity index (χ3v) is 3.90. The fourth-order valence-corrected chi connectivity index (χ4v) is 2.73. The molecule has 3 rings (SSSR count). The second-order valence-electron chi connectivity index (χ2n) is 4.76. The summed E-state index contributed by atoms with van der Waals surface area (Å²) in [7, 11) is 0. The van der Waals surface area contributed by atoms with E-state index in [0.717, 1.165) is 17.6 Å². The Balaban J connectivity index is 1.83. The monoisotopic (exact) mass is 400 g/mol. The van der Waals surface area contributed by atoms with Crippen LogP contribution in [0.15, 0.2) is 42.6 Å². The number of hydrogen-bond donors (Lipinski definition) is 1. The van der Waals surface area contributed by atoms with Crippen LogP contribution in [0.2, 0.25) is 5.02 Å². The summed E-state index contributed by atoms with van der Waals surface area (Å²) in [6.45, 7) is 0. The number of hydrogen-bond acceptors (Lipinski definition) is 6. The number of para-hydroxylation sites is 1. The van der Waals surface area contributed by atoms with E-state index in [-0.39, 0.29) is 21.5 Å². The van der Waals surface area contributed by atoms with Crippen molar-refractivity contribution in [2.24, 2.45) is 0 Å². The zero-order valence-corrected chi connectivity index (χ0v) is 14.2. The predicted octanol–water partition coefficient (Wildman–Crippen LogP) is 4.40. The van der Waals surface area contributed by atoms with Crippen LogP contribution >= 0.6 is 23.1 Å². The molecule has 1 amide bonds. The van der Waals surface area contributed by atoms with Gasteiger partial charge in [0.05, 0.1) is 10.6 Å². The second kappa shape index (κ2) is 7.26. The van der Waals surface area contributed by atoms with Gasteiger partial charge in [-0.1, -0.05) is 23.7 Å². The van der Waals surface area contributed by atoms with Gasteiger partial charge in [0.25, 0.3) is 5.91 Å². The summed E-state index contributed by atoms with van der Waals surface area (Å²) in [6.07, 6.45) is -3.43. The topological polar surface area (TPSA) is 77.0 Å². The van der Waals surface area contributed by atoms with Crippen molar-refractivity contribution < 1.29 is 22.7 Å². The fourth-order valence-electron chi connectivity index (χ4n) is 1.94. The van der Waals surface area contributed by atoms with E-state index in [4.69, 9.17) is 11.6 Å². The van der Waals surface area contributed by atoms with Crippen molar-refractivity contribution in [2.45, 2.75) is 6.36 Å². The Bertz CT molecular complexity index is 934. The Morgan fingerprint density at radius 1 is 1.19 bits per heavy atom. The van der Waals surface area contributed by atoms with E-state index in [0.29, 0.717) is 5.69 Å². The van der Waals surface area contributed by atoms with Crippen molar-refractivity contribution in [1.29, 1.82) is 0 Å². The van der Waals surface area contributed by atoms with Crippen LogP contribution in [0.4, 0.5) is 18.3 Å². The lowest BCUT2D eigenvalue weighted by Crippen LogP contribution is -2.21. The molecule has 134 valence electrons. The Morgan fingerprint density at radius 2 is 2.00 bits per heavy atom. The number of amides is 1. The average molecular weight is 401 g/mol. The van der Waals surface area contributed by atoms with Gasteiger partial charge in [-0.25, -0.2) is 0 Å². The maximum absolute atomic E-state index is 12.5. The lowest BCUT2D eigenvalue weighted by molar-refractivity contribution is -0.274. The zero-order valence-electron chi connectivity index (χ0n) is 12.6. The fraction of sp³-hybridized carbons (Fsp3) is 0.0667. The molecule has 0 unspecified atom stereocenters. The molecule has 0 aliphatic heterocycles. The molecule has 0 bridgehead atoms. The molecule has 0 saturated heterocycles. The van der Waals surface area contributed by atoms with Crippen molar-refractivity contribution in [1.82, 2.24) is 14.3 Å². The van der Waals surface area contributed by atoms with Gasteiger partial charge in [0.15, 0.2) is 11.6 Å². The Morgan fingerprint density at radius 3 is 2.69 bits per heavy atom. The number of ether oxygens (including phenoxy) is 1. The van der Waals surface area contributed by atoms with Gasteiger partial charge in [-0.2, -0.15) is 9.36 Å². The highest BCUT2D eigenvalue weighted by atomic mass is 35.5. The number of carbonyl (C=O) groups excluding carboxylic acids is 1. The molecule has 0 aliphatic carbocycles. The standard InChI is InChI=1S/C15H8ClF3N4O2S/c16-9-5-3-4-8(11(9)25-15(17,18)19)13(24)22-14-21-12(23-26-14)10-6-1-2-7-20-10/h1-7H,(H,21,22,23,24). The quantitative estimate of drug-likeness (QED) is 0.702. The summed E-state index contributed by atoms with van der Waals surface area (Å²) >= 11 is 6.59. The maximum atomic E-state index is 12.5. The first-order valence-corrected chi connectivity index (χ1v) is 8.09. The minimum Gasteiger partial charge on any atom is -0.403 e. The largest absolute Gasteiger partial charge is 0.573 e. The van der Waals surface area contributed by atoms with Crippen molar-refractivity contribution in [3.05, 3.63) is 53.2 Å². The van der Waals surface area contributed by atoms with Gasteiger partial charge >= 0.3 is 6.36 Å². The van der Waals surface area contributed by atoms with Crippen LogP contribution in [0.3, 0.4) is 0 Å². The number of rotatable bonds is 4. The van der Waals surface area contributed by atoms with Crippen LogP contribution in [-0.2, 0) is 0 Å². The first-order valence-electron chi connectivity index (χ1n) is 6.94. The van der Waals surface area contributed by atoms with E-state index in [2.05, 4.69) is 24.4 Å². The van der Waals surface area contributed by atoms with Crippen molar-refractivity contribution in [3.63, 3.8) is 0 Å². The van der Waals surface area contributed by atoms with Gasteiger partial charge in [0.2, 0.25) is 5.13 Å². The van der Waals surface area contributed by atoms with E-state index < -0.39 is 18.0 Å². The van der Waals surface area contributed by atoms with Crippen molar-refractivity contribution in [3.8, 4) is 17.3 Å². The highest BCUT2D eigenvalue weighted by Gasteiger charge is 2.34. The predicted molar refractivity (Wildman–Crippen MR) is 89.2 cm³/mol. The first-order chi connectivity index (χ1) is 12.3. The van der Waals surface area contributed by atoms with Crippen LogP contribution in [-0.4, -0.2) is 26.6 Å². The molecule has 0 aliphatic rings. The van der Waals surface area contributed by atoms with Gasteiger partial charge in [-0.15, -0.1) is 13.2 Å². The number of alkyl halides is 3. The van der Waals surface area contributed by atoms with Gasteiger partial charge in [0.1, 0.15) is 5.69 Å². The number of benzene rings is 1. The van der Waals surface area contributed by atoms with E-state index in [1.165, 1.54) is 12.1 Å². The lowest BCUT2D eigenvalue weighted by Gasteiger charge is -2.13. The molecule has 0 radical (unpaired) electrons. The average Bonchev–Trinajstić information content (AvgIpc) is 3.05. The van der Waals surface area contributed by atoms with Gasteiger partial charge in [-0.05, 0) is 24.3 Å². The van der Waals surface area contributed by atoms with Crippen LogP contribution in [0, 0.1) is 0 Å². The molecule has 11 heteroatoms. The number of nitrogens with one attached hydrogen (secondary N) is 1. The van der Waals surface area contributed by atoms with Crippen molar-refractivity contribution in [2.75, 3.05) is 5.32 Å². The molecule has 3 aromatic rings. The molecular weight excluding hydrogens is 393 g/mol. The summed E-state index contributed by atoms with van der Waals surface area (Å²) in [5, 5.41) is 2.12. The summed E-state index contributed by atoms with van der Waals surface area (Å²) < 4.78 is 45.5. The molecule has 26 heavy (non-hydrogen) atoms. The summed E-state index contributed by atoms with van der Waals surface area (Å²) in [4.78, 5) is 20.5. The normalized spacial score (nSPS) is 11.2. The SMILES string of the molecule is O=C(Nc1nc(-c2ccccn2)ns1)c1cccc(Cl)c1OC(F)(F)F. The Labute approximate surface area is 153 Å². The summed E-state index contributed by atoms with van der Waals surface area (Å²) in [6, 6.07) is 8.82. The number of aromatic nitrogens is 3. The number of anilines is 1. The van der Waals surface area contributed by atoms with Crippen LogP contribution in [0.25, 0.3) is 11.5 Å². The highest BCUT2D eigenvalue weighted by Crippen LogP contribution is 2.34. The van der Waals surface area contributed by atoms with Gasteiger partial charge < -0.3 is 4.74 Å². The molecule has 6 nitrogen and oxygen atoms in total. The third-order valence-electron chi connectivity index (χ3n) is 2.97. The second-order valence-corrected chi connectivity index (χ2v) is 5.92.